The third kappa shape index (κ3) is 3.67. The Bertz CT molecular complexity index is 439. The first kappa shape index (κ1) is 12.8. The maximum Gasteiger partial charge on any atom is 0.0573 e. The quantitative estimate of drug-likeness (QED) is 0.837. The van der Waals surface area contributed by atoms with Crippen molar-refractivity contribution in [3.05, 3.63) is 66.0 Å². The van der Waals surface area contributed by atoms with Gasteiger partial charge in [0, 0.05) is 12.2 Å². The maximum atomic E-state index is 4.41. The molecule has 2 heteroatoms. The van der Waals surface area contributed by atoms with E-state index in [0.717, 1.165) is 18.5 Å². The molecule has 0 spiro atoms. The van der Waals surface area contributed by atoms with Crippen LogP contribution in [0.15, 0.2) is 54.7 Å². The third-order valence-corrected chi connectivity index (χ3v) is 3.19. The minimum absolute atomic E-state index is 0.356. The molecule has 1 aromatic heterocycles. The summed E-state index contributed by atoms with van der Waals surface area (Å²) in [6, 6.07) is 17.1. The Hall–Kier alpha value is -1.67. The molecule has 0 saturated heterocycles. The molecule has 18 heavy (non-hydrogen) atoms. The lowest BCUT2D eigenvalue weighted by atomic mass is 10.0. The average molecular weight is 240 g/mol. The van der Waals surface area contributed by atoms with Gasteiger partial charge in [0.2, 0.25) is 0 Å². The summed E-state index contributed by atoms with van der Waals surface area (Å²) in [6.07, 6.45) is 5.28. The fraction of sp³-hybridized carbons (Fsp3) is 0.312. The highest BCUT2D eigenvalue weighted by Crippen LogP contribution is 2.17. The SMILES string of the molecule is CNC(CCCc1ccccc1)c1ccccn1. The highest BCUT2D eigenvalue weighted by Gasteiger charge is 2.09. The lowest BCUT2D eigenvalue weighted by molar-refractivity contribution is 0.515. The monoisotopic (exact) mass is 240 g/mol. The summed E-state index contributed by atoms with van der Waals surface area (Å²) in [5, 5.41) is 3.34. The number of aryl methyl sites for hydroxylation is 1. The van der Waals surface area contributed by atoms with Crippen LogP contribution in [0.2, 0.25) is 0 Å². The highest BCUT2D eigenvalue weighted by atomic mass is 14.9. The van der Waals surface area contributed by atoms with Crippen molar-refractivity contribution >= 4 is 0 Å². The Morgan fingerprint density at radius 1 is 1.06 bits per heavy atom. The Kier molecular flexibility index (Phi) is 4.91. The van der Waals surface area contributed by atoms with Crippen LogP contribution in [0.1, 0.15) is 30.1 Å². The molecule has 1 heterocycles. The van der Waals surface area contributed by atoms with Gasteiger partial charge < -0.3 is 5.32 Å². The topological polar surface area (TPSA) is 24.9 Å². The molecule has 2 nitrogen and oxygen atoms in total. The Balaban J connectivity index is 1.85. The molecule has 0 fully saturated rings. The Morgan fingerprint density at radius 3 is 2.50 bits per heavy atom. The Labute approximate surface area is 109 Å². The van der Waals surface area contributed by atoms with Crippen molar-refractivity contribution in [1.82, 2.24) is 10.3 Å². The predicted octanol–water partition coefficient (Wildman–Crippen LogP) is 3.37. The summed E-state index contributed by atoms with van der Waals surface area (Å²) in [6.45, 7) is 0. The van der Waals surface area contributed by atoms with Crippen molar-refractivity contribution in [2.45, 2.75) is 25.3 Å². The molecule has 2 rings (SSSR count). The molecule has 0 radical (unpaired) electrons. The zero-order valence-electron chi connectivity index (χ0n) is 10.8. The minimum atomic E-state index is 0.356. The van der Waals surface area contributed by atoms with E-state index in [1.54, 1.807) is 0 Å². The first-order valence-electron chi connectivity index (χ1n) is 6.52. The second-order valence-corrected chi connectivity index (χ2v) is 4.47. The fourth-order valence-corrected chi connectivity index (χ4v) is 2.18. The molecule has 1 aromatic carbocycles. The van der Waals surface area contributed by atoms with Crippen LogP contribution in [-0.4, -0.2) is 12.0 Å². The second-order valence-electron chi connectivity index (χ2n) is 4.47. The molecule has 1 atom stereocenters. The van der Waals surface area contributed by atoms with Gasteiger partial charge in [0.05, 0.1) is 5.69 Å². The molecule has 94 valence electrons. The summed E-state index contributed by atoms with van der Waals surface area (Å²) in [7, 11) is 2.00. The van der Waals surface area contributed by atoms with Gasteiger partial charge in [0.15, 0.2) is 0 Å². The van der Waals surface area contributed by atoms with E-state index in [1.165, 1.54) is 12.0 Å². The van der Waals surface area contributed by atoms with Gasteiger partial charge in [-0.2, -0.15) is 0 Å². The molecule has 2 aromatic rings. The highest BCUT2D eigenvalue weighted by molar-refractivity contribution is 5.15. The number of rotatable bonds is 6. The van der Waals surface area contributed by atoms with E-state index in [9.17, 15) is 0 Å². The molecule has 0 amide bonds. The number of aromatic nitrogens is 1. The fourth-order valence-electron chi connectivity index (χ4n) is 2.18. The third-order valence-electron chi connectivity index (χ3n) is 3.19. The maximum absolute atomic E-state index is 4.41. The smallest absolute Gasteiger partial charge is 0.0573 e. The van der Waals surface area contributed by atoms with Crippen LogP contribution in [0.25, 0.3) is 0 Å². The van der Waals surface area contributed by atoms with E-state index < -0.39 is 0 Å². The van der Waals surface area contributed by atoms with Gasteiger partial charge in [-0.25, -0.2) is 0 Å². The molecular formula is C16H20N2. The van der Waals surface area contributed by atoms with Gasteiger partial charge in [-0.15, -0.1) is 0 Å². The first-order valence-corrected chi connectivity index (χ1v) is 6.52. The van der Waals surface area contributed by atoms with E-state index in [4.69, 9.17) is 0 Å². The summed E-state index contributed by atoms with van der Waals surface area (Å²) < 4.78 is 0. The van der Waals surface area contributed by atoms with E-state index in [1.807, 2.05) is 25.4 Å². The largest absolute Gasteiger partial charge is 0.312 e. The van der Waals surface area contributed by atoms with Gasteiger partial charge in [0.1, 0.15) is 0 Å². The second kappa shape index (κ2) is 6.92. The Morgan fingerprint density at radius 2 is 1.83 bits per heavy atom. The summed E-state index contributed by atoms with van der Waals surface area (Å²) in [4.78, 5) is 4.41. The molecule has 0 bridgehead atoms. The molecule has 1 N–H and O–H groups in total. The summed E-state index contributed by atoms with van der Waals surface area (Å²) >= 11 is 0. The number of benzene rings is 1. The van der Waals surface area contributed by atoms with Gasteiger partial charge >= 0.3 is 0 Å². The molecular weight excluding hydrogens is 220 g/mol. The van der Waals surface area contributed by atoms with Crippen LogP contribution >= 0.6 is 0 Å². The lowest BCUT2D eigenvalue weighted by Gasteiger charge is -2.15. The van der Waals surface area contributed by atoms with Gasteiger partial charge in [-0.3, -0.25) is 4.98 Å². The molecule has 0 aliphatic rings. The van der Waals surface area contributed by atoms with Crippen molar-refractivity contribution in [3.63, 3.8) is 0 Å². The number of nitrogens with one attached hydrogen (secondary N) is 1. The number of hydrogen-bond donors (Lipinski definition) is 1. The van der Waals surface area contributed by atoms with Gasteiger partial charge in [-0.1, -0.05) is 36.4 Å². The van der Waals surface area contributed by atoms with Crippen molar-refractivity contribution in [1.29, 1.82) is 0 Å². The van der Waals surface area contributed by atoms with Crippen molar-refractivity contribution in [2.75, 3.05) is 7.05 Å². The molecule has 1 unspecified atom stereocenters. The number of nitrogens with zero attached hydrogens (tertiary/aromatic N) is 1. The first-order chi connectivity index (χ1) is 8.90. The van der Waals surface area contributed by atoms with Crippen LogP contribution in [-0.2, 0) is 6.42 Å². The number of pyridine rings is 1. The summed E-state index contributed by atoms with van der Waals surface area (Å²) in [5.41, 5.74) is 2.54. The average Bonchev–Trinajstić information content (AvgIpc) is 2.46. The van der Waals surface area contributed by atoms with E-state index in [0.29, 0.717) is 6.04 Å². The van der Waals surface area contributed by atoms with Gasteiger partial charge in [-0.05, 0) is 44.0 Å². The van der Waals surface area contributed by atoms with Crippen LogP contribution in [0, 0.1) is 0 Å². The lowest BCUT2D eigenvalue weighted by Crippen LogP contribution is -2.17. The van der Waals surface area contributed by atoms with Gasteiger partial charge in [0.25, 0.3) is 0 Å². The zero-order chi connectivity index (χ0) is 12.6. The molecule has 0 saturated carbocycles. The normalized spacial score (nSPS) is 12.3. The molecule has 0 aliphatic carbocycles. The molecule has 0 aliphatic heterocycles. The number of hydrogen-bond acceptors (Lipinski definition) is 2. The van der Waals surface area contributed by atoms with Crippen LogP contribution in [0.3, 0.4) is 0 Å². The van der Waals surface area contributed by atoms with Crippen LogP contribution in [0.5, 0.6) is 0 Å². The van der Waals surface area contributed by atoms with Crippen molar-refractivity contribution < 1.29 is 0 Å². The predicted molar refractivity (Wildman–Crippen MR) is 75.4 cm³/mol. The van der Waals surface area contributed by atoms with Crippen molar-refractivity contribution in [3.8, 4) is 0 Å². The standard InChI is InChI=1S/C16H20N2/c1-17-15(16-11-5-6-13-18-16)12-7-10-14-8-3-2-4-9-14/h2-6,8-9,11,13,15,17H,7,10,12H2,1H3. The van der Waals surface area contributed by atoms with E-state index in [-0.39, 0.29) is 0 Å². The van der Waals surface area contributed by atoms with E-state index >= 15 is 0 Å². The van der Waals surface area contributed by atoms with Crippen LogP contribution in [0.4, 0.5) is 0 Å². The zero-order valence-corrected chi connectivity index (χ0v) is 10.8. The van der Waals surface area contributed by atoms with Crippen molar-refractivity contribution in [2.24, 2.45) is 0 Å². The minimum Gasteiger partial charge on any atom is -0.312 e. The van der Waals surface area contributed by atoms with E-state index in [2.05, 4.69) is 46.7 Å². The van der Waals surface area contributed by atoms with Crippen LogP contribution < -0.4 is 5.32 Å². The summed E-state index contributed by atoms with van der Waals surface area (Å²) in [5.74, 6) is 0.